The molecule has 1 N–H and O–H groups in total. The number of rotatable bonds is 8. The summed E-state index contributed by atoms with van der Waals surface area (Å²) in [5.74, 6) is 0.362. The summed E-state index contributed by atoms with van der Waals surface area (Å²) in [6, 6.07) is 0. The molecular weight excluding hydrogens is 206 g/mol. The van der Waals surface area contributed by atoms with E-state index in [1.54, 1.807) is 0 Å². The molecule has 0 atom stereocenters. The molecule has 0 aliphatic rings. The van der Waals surface area contributed by atoms with Gasteiger partial charge in [0.2, 0.25) is 0 Å². The van der Waals surface area contributed by atoms with Gasteiger partial charge in [0.15, 0.2) is 0 Å². The van der Waals surface area contributed by atoms with Gasteiger partial charge in [0.25, 0.3) is 0 Å². The zero-order valence-electron chi connectivity index (χ0n) is 11.1. The van der Waals surface area contributed by atoms with Crippen LogP contribution in [0.25, 0.3) is 0 Å². The van der Waals surface area contributed by atoms with Gasteiger partial charge in [0.05, 0.1) is 0 Å². The molecule has 0 saturated heterocycles. The van der Waals surface area contributed by atoms with E-state index >= 15 is 0 Å². The van der Waals surface area contributed by atoms with Crippen molar-refractivity contribution in [3.05, 3.63) is 0 Å². The van der Waals surface area contributed by atoms with Crippen LogP contribution in [0.1, 0.15) is 34.1 Å². The molecule has 0 saturated carbocycles. The van der Waals surface area contributed by atoms with E-state index in [-0.39, 0.29) is 18.1 Å². The fourth-order valence-electron chi connectivity index (χ4n) is 1.17. The highest BCUT2D eigenvalue weighted by molar-refractivity contribution is 5.70. The van der Waals surface area contributed by atoms with Crippen LogP contribution in [-0.2, 0) is 14.3 Å². The Hall–Kier alpha value is -0.610. The minimum absolute atomic E-state index is 0.0159. The lowest BCUT2D eigenvalue weighted by Gasteiger charge is -2.26. The lowest BCUT2D eigenvalue weighted by molar-refractivity contribution is -0.149. The van der Waals surface area contributed by atoms with E-state index in [9.17, 15) is 4.79 Å². The highest BCUT2D eigenvalue weighted by Crippen LogP contribution is 2.05. The molecule has 4 heteroatoms. The maximum Gasteiger partial charge on any atom is 0.332 e. The van der Waals surface area contributed by atoms with E-state index in [2.05, 4.69) is 23.9 Å². The molecule has 0 aromatic carbocycles. The number of nitrogens with one attached hydrogen (secondary N) is 1. The second kappa shape index (κ2) is 7.63. The number of carbonyl (C=O) groups is 1. The molecule has 16 heavy (non-hydrogen) atoms. The van der Waals surface area contributed by atoms with Gasteiger partial charge < -0.3 is 14.8 Å². The first-order valence-electron chi connectivity index (χ1n) is 5.77. The smallest absolute Gasteiger partial charge is 0.332 e. The molecule has 0 heterocycles. The Morgan fingerprint density at radius 2 is 2.00 bits per heavy atom. The third-order valence-electron chi connectivity index (χ3n) is 2.18. The van der Waals surface area contributed by atoms with Crippen molar-refractivity contribution in [2.24, 2.45) is 5.92 Å². The first kappa shape index (κ1) is 15.4. The van der Waals surface area contributed by atoms with Gasteiger partial charge in [0.1, 0.15) is 13.2 Å². The van der Waals surface area contributed by atoms with Crippen LogP contribution in [0.3, 0.4) is 0 Å². The third kappa shape index (κ3) is 8.68. The average molecular weight is 231 g/mol. The van der Waals surface area contributed by atoms with Crippen LogP contribution in [0.2, 0.25) is 0 Å². The van der Waals surface area contributed by atoms with Crippen LogP contribution in [-0.4, -0.2) is 38.4 Å². The summed E-state index contributed by atoms with van der Waals surface area (Å²) in [7, 11) is 1.48. The number of esters is 1. The molecule has 0 amide bonds. The van der Waals surface area contributed by atoms with Gasteiger partial charge in [-0.25, -0.2) is 4.79 Å². The molecule has 0 aromatic heterocycles. The van der Waals surface area contributed by atoms with Crippen LogP contribution < -0.4 is 5.32 Å². The quantitative estimate of drug-likeness (QED) is 0.644. The fraction of sp³-hybridized carbons (Fsp3) is 0.917. The Bertz CT molecular complexity index is 202. The summed E-state index contributed by atoms with van der Waals surface area (Å²) in [6.07, 6.45) is 1.12. The molecule has 0 unspecified atom stereocenters. The van der Waals surface area contributed by atoms with Crippen molar-refractivity contribution in [3.8, 4) is 0 Å². The van der Waals surface area contributed by atoms with Gasteiger partial charge in [-0.3, -0.25) is 0 Å². The van der Waals surface area contributed by atoms with E-state index in [1.807, 2.05) is 13.8 Å². The maximum absolute atomic E-state index is 11.1. The van der Waals surface area contributed by atoms with Crippen LogP contribution in [0.4, 0.5) is 0 Å². The van der Waals surface area contributed by atoms with Crippen molar-refractivity contribution in [1.82, 2.24) is 5.32 Å². The van der Waals surface area contributed by atoms with Crippen LogP contribution in [0.15, 0.2) is 0 Å². The molecule has 0 aromatic rings. The molecule has 0 spiro atoms. The summed E-state index contributed by atoms with van der Waals surface area (Å²) < 4.78 is 9.76. The SMILES string of the molecule is COCC(=O)OCC(C)(C)NCCC(C)C. The van der Waals surface area contributed by atoms with Crippen LogP contribution in [0, 0.1) is 5.92 Å². The van der Waals surface area contributed by atoms with Gasteiger partial charge in [-0.15, -0.1) is 0 Å². The standard InChI is InChI=1S/C12H25NO3/c1-10(2)6-7-13-12(3,4)9-16-11(14)8-15-5/h10,13H,6-9H2,1-5H3. The fourth-order valence-corrected chi connectivity index (χ4v) is 1.17. The largest absolute Gasteiger partial charge is 0.462 e. The molecule has 0 rings (SSSR count). The van der Waals surface area contributed by atoms with Crippen molar-refractivity contribution in [2.75, 3.05) is 26.9 Å². The summed E-state index contributed by atoms with van der Waals surface area (Å²) in [6.45, 7) is 9.74. The molecule has 0 aliphatic carbocycles. The van der Waals surface area contributed by atoms with E-state index < -0.39 is 0 Å². The monoisotopic (exact) mass is 231 g/mol. The summed E-state index contributed by atoms with van der Waals surface area (Å²) in [5, 5.41) is 3.37. The molecule has 0 bridgehead atoms. The second-order valence-corrected chi connectivity index (χ2v) is 5.09. The summed E-state index contributed by atoms with van der Waals surface area (Å²) in [4.78, 5) is 11.1. The van der Waals surface area contributed by atoms with Crippen LogP contribution in [0.5, 0.6) is 0 Å². The van der Waals surface area contributed by atoms with Crippen molar-refractivity contribution < 1.29 is 14.3 Å². The normalized spacial score (nSPS) is 11.9. The summed E-state index contributed by atoms with van der Waals surface area (Å²) in [5.41, 5.74) is -0.182. The average Bonchev–Trinajstić information content (AvgIpc) is 2.14. The predicted molar refractivity (Wildman–Crippen MR) is 64.4 cm³/mol. The second-order valence-electron chi connectivity index (χ2n) is 5.09. The van der Waals surface area contributed by atoms with Crippen molar-refractivity contribution >= 4 is 5.97 Å². The Labute approximate surface area is 98.7 Å². The lowest BCUT2D eigenvalue weighted by atomic mass is 10.1. The first-order chi connectivity index (χ1) is 7.37. The van der Waals surface area contributed by atoms with E-state index in [0.717, 1.165) is 13.0 Å². The third-order valence-corrected chi connectivity index (χ3v) is 2.18. The van der Waals surface area contributed by atoms with Gasteiger partial charge >= 0.3 is 5.97 Å². The zero-order valence-corrected chi connectivity index (χ0v) is 11.1. The molecule has 0 fully saturated rings. The Balaban J connectivity index is 3.73. The topological polar surface area (TPSA) is 47.6 Å². The molecule has 0 aliphatic heterocycles. The first-order valence-corrected chi connectivity index (χ1v) is 5.77. The van der Waals surface area contributed by atoms with Gasteiger partial charge in [-0.2, -0.15) is 0 Å². The number of carbonyl (C=O) groups excluding carboxylic acids is 1. The number of hydrogen-bond donors (Lipinski definition) is 1. The van der Waals surface area contributed by atoms with Crippen LogP contribution >= 0.6 is 0 Å². The van der Waals surface area contributed by atoms with Gasteiger partial charge in [-0.05, 0) is 32.7 Å². The van der Waals surface area contributed by atoms with E-state index in [1.165, 1.54) is 7.11 Å². The van der Waals surface area contributed by atoms with Gasteiger partial charge in [-0.1, -0.05) is 13.8 Å². The minimum Gasteiger partial charge on any atom is -0.462 e. The molecule has 0 radical (unpaired) electrons. The Kier molecular flexibility index (Phi) is 7.34. The highest BCUT2D eigenvalue weighted by Gasteiger charge is 2.19. The van der Waals surface area contributed by atoms with E-state index in [0.29, 0.717) is 12.5 Å². The van der Waals surface area contributed by atoms with Gasteiger partial charge in [0, 0.05) is 12.6 Å². The predicted octanol–water partition coefficient (Wildman–Crippen LogP) is 1.59. The summed E-state index contributed by atoms with van der Waals surface area (Å²) >= 11 is 0. The highest BCUT2D eigenvalue weighted by atomic mass is 16.6. The molecular formula is C12H25NO3. The van der Waals surface area contributed by atoms with Crippen molar-refractivity contribution in [3.63, 3.8) is 0 Å². The Morgan fingerprint density at radius 1 is 1.38 bits per heavy atom. The minimum atomic E-state index is -0.318. The maximum atomic E-state index is 11.1. The lowest BCUT2D eigenvalue weighted by Crippen LogP contribution is -2.45. The molecule has 96 valence electrons. The molecule has 4 nitrogen and oxygen atoms in total. The number of hydrogen-bond acceptors (Lipinski definition) is 4. The number of methoxy groups -OCH3 is 1. The number of ether oxygens (including phenoxy) is 2. The van der Waals surface area contributed by atoms with Crippen molar-refractivity contribution in [2.45, 2.75) is 39.7 Å². The van der Waals surface area contributed by atoms with Crippen molar-refractivity contribution in [1.29, 1.82) is 0 Å². The zero-order chi connectivity index (χ0) is 12.6. The Morgan fingerprint density at radius 3 is 2.50 bits per heavy atom. The van der Waals surface area contributed by atoms with E-state index in [4.69, 9.17) is 4.74 Å².